The summed E-state index contributed by atoms with van der Waals surface area (Å²) in [5, 5.41) is 2.79. The lowest BCUT2D eigenvalue weighted by Crippen LogP contribution is -2.27. The Morgan fingerprint density at radius 1 is 1.36 bits per heavy atom. The normalized spacial score (nSPS) is 15.8. The van der Waals surface area contributed by atoms with Crippen molar-refractivity contribution in [3.63, 3.8) is 0 Å². The van der Waals surface area contributed by atoms with Crippen molar-refractivity contribution in [3.8, 4) is 0 Å². The topological polar surface area (TPSA) is 32.3 Å². The van der Waals surface area contributed by atoms with Crippen LogP contribution in [0.3, 0.4) is 0 Å². The fourth-order valence-electron chi connectivity index (χ4n) is 1.58. The Hall–Kier alpha value is -1.51. The lowest BCUT2D eigenvalue weighted by Gasteiger charge is -2.13. The minimum Gasteiger partial charge on any atom is -0.336 e. The van der Waals surface area contributed by atoms with Crippen molar-refractivity contribution >= 4 is 6.03 Å². The van der Waals surface area contributed by atoms with Gasteiger partial charge in [-0.05, 0) is 12.5 Å². The van der Waals surface area contributed by atoms with Crippen LogP contribution in [0.5, 0.6) is 0 Å². The standard InChI is InChI=1S/C11H14N2O/c1-9-2-4-10(5-3-9)8-13-7-6-12-11(13)14/h2-5H,6-8H2,1H3,(H,12,14). The SMILES string of the molecule is Cc1ccc(CN2CCNC2=O)cc1. The molecule has 2 rings (SSSR count). The molecule has 1 aliphatic heterocycles. The van der Waals surface area contributed by atoms with Crippen LogP contribution in [-0.4, -0.2) is 24.0 Å². The van der Waals surface area contributed by atoms with E-state index in [1.807, 2.05) is 4.90 Å². The molecule has 14 heavy (non-hydrogen) atoms. The molecule has 0 radical (unpaired) electrons. The van der Waals surface area contributed by atoms with Crippen LogP contribution in [0.2, 0.25) is 0 Å². The third-order valence-corrected chi connectivity index (χ3v) is 2.44. The van der Waals surface area contributed by atoms with Gasteiger partial charge in [0, 0.05) is 19.6 Å². The van der Waals surface area contributed by atoms with Crippen LogP contribution in [0, 0.1) is 6.92 Å². The first kappa shape index (κ1) is 9.06. The molecule has 1 fully saturated rings. The van der Waals surface area contributed by atoms with Gasteiger partial charge in [0.05, 0.1) is 0 Å². The highest BCUT2D eigenvalue weighted by Crippen LogP contribution is 2.08. The molecule has 1 aliphatic rings. The van der Waals surface area contributed by atoms with E-state index >= 15 is 0 Å². The van der Waals surface area contributed by atoms with Crippen LogP contribution in [0.1, 0.15) is 11.1 Å². The van der Waals surface area contributed by atoms with E-state index in [0.717, 1.165) is 13.1 Å². The average molecular weight is 190 g/mol. The zero-order valence-corrected chi connectivity index (χ0v) is 8.29. The fourth-order valence-corrected chi connectivity index (χ4v) is 1.58. The molecule has 3 nitrogen and oxygen atoms in total. The van der Waals surface area contributed by atoms with Gasteiger partial charge in [0.1, 0.15) is 0 Å². The second-order valence-corrected chi connectivity index (χ2v) is 3.64. The van der Waals surface area contributed by atoms with Crippen LogP contribution >= 0.6 is 0 Å². The van der Waals surface area contributed by atoms with E-state index in [1.165, 1.54) is 11.1 Å². The number of carbonyl (C=O) groups is 1. The number of carbonyl (C=O) groups excluding carboxylic acids is 1. The first-order valence-corrected chi connectivity index (χ1v) is 4.84. The highest BCUT2D eigenvalue weighted by atomic mass is 16.2. The Balaban J connectivity index is 2.03. The second kappa shape index (κ2) is 3.70. The number of rotatable bonds is 2. The van der Waals surface area contributed by atoms with Gasteiger partial charge >= 0.3 is 6.03 Å². The molecule has 0 aliphatic carbocycles. The summed E-state index contributed by atoms with van der Waals surface area (Å²) in [5.74, 6) is 0. The summed E-state index contributed by atoms with van der Waals surface area (Å²) in [7, 11) is 0. The van der Waals surface area contributed by atoms with Gasteiger partial charge in [0.25, 0.3) is 0 Å². The Morgan fingerprint density at radius 3 is 2.64 bits per heavy atom. The highest BCUT2D eigenvalue weighted by Gasteiger charge is 2.18. The summed E-state index contributed by atoms with van der Waals surface area (Å²) in [6.07, 6.45) is 0. The van der Waals surface area contributed by atoms with E-state index < -0.39 is 0 Å². The van der Waals surface area contributed by atoms with Crippen LogP contribution in [-0.2, 0) is 6.54 Å². The lowest BCUT2D eigenvalue weighted by atomic mass is 10.1. The summed E-state index contributed by atoms with van der Waals surface area (Å²) in [4.78, 5) is 13.1. The van der Waals surface area contributed by atoms with Crippen molar-refractivity contribution in [3.05, 3.63) is 35.4 Å². The number of hydrogen-bond acceptors (Lipinski definition) is 1. The quantitative estimate of drug-likeness (QED) is 0.753. The Labute approximate surface area is 83.7 Å². The van der Waals surface area contributed by atoms with Gasteiger partial charge in [-0.15, -0.1) is 0 Å². The molecule has 1 aromatic rings. The summed E-state index contributed by atoms with van der Waals surface area (Å²) >= 11 is 0. The van der Waals surface area contributed by atoms with E-state index in [0.29, 0.717) is 6.54 Å². The zero-order valence-electron chi connectivity index (χ0n) is 8.29. The molecule has 0 unspecified atom stereocenters. The lowest BCUT2D eigenvalue weighted by molar-refractivity contribution is 0.215. The number of hydrogen-bond donors (Lipinski definition) is 1. The van der Waals surface area contributed by atoms with Gasteiger partial charge in [-0.2, -0.15) is 0 Å². The van der Waals surface area contributed by atoms with Gasteiger partial charge in [-0.1, -0.05) is 29.8 Å². The molecule has 2 amide bonds. The Kier molecular flexibility index (Phi) is 2.39. The first-order chi connectivity index (χ1) is 6.75. The predicted molar refractivity (Wildman–Crippen MR) is 55.0 cm³/mol. The minimum absolute atomic E-state index is 0.0468. The average Bonchev–Trinajstić information content (AvgIpc) is 2.56. The Bertz CT molecular complexity index is 332. The molecule has 1 aromatic carbocycles. The van der Waals surface area contributed by atoms with Crippen LogP contribution in [0.4, 0.5) is 4.79 Å². The van der Waals surface area contributed by atoms with E-state index in [-0.39, 0.29) is 6.03 Å². The van der Waals surface area contributed by atoms with Gasteiger partial charge in [-0.25, -0.2) is 4.79 Å². The first-order valence-electron chi connectivity index (χ1n) is 4.84. The van der Waals surface area contributed by atoms with Gasteiger partial charge in [0.15, 0.2) is 0 Å². The van der Waals surface area contributed by atoms with Crippen molar-refractivity contribution in [1.29, 1.82) is 0 Å². The fraction of sp³-hybridized carbons (Fsp3) is 0.364. The minimum atomic E-state index is 0.0468. The molecule has 0 saturated carbocycles. The van der Waals surface area contributed by atoms with Crippen molar-refractivity contribution in [2.75, 3.05) is 13.1 Å². The van der Waals surface area contributed by atoms with E-state index in [4.69, 9.17) is 0 Å². The number of benzene rings is 1. The van der Waals surface area contributed by atoms with Crippen molar-refractivity contribution in [1.82, 2.24) is 10.2 Å². The second-order valence-electron chi connectivity index (χ2n) is 3.64. The molecule has 1 saturated heterocycles. The van der Waals surface area contributed by atoms with E-state index in [2.05, 4.69) is 36.5 Å². The molecular weight excluding hydrogens is 176 g/mol. The van der Waals surface area contributed by atoms with Crippen molar-refractivity contribution in [2.24, 2.45) is 0 Å². The smallest absolute Gasteiger partial charge is 0.317 e. The zero-order chi connectivity index (χ0) is 9.97. The highest BCUT2D eigenvalue weighted by molar-refractivity contribution is 5.76. The summed E-state index contributed by atoms with van der Waals surface area (Å²) < 4.78 is 0. The third-order valence-electron chi connectivity index (χ3n) is 2.44. The van der Waals surface area contributed by atoms with E-state index in [9.17, 15) is 4.79 Å². The maximum atomic E-state index is 11.3. The molecule has 74 valence electrons. The van der Waals surface area contributed by atoms with E-state index in [1.54, 1.807) is 0 Å². The van der Waals surface area contributed by atoms with Crippen LogP contribution < -0.4 is 5.32 Å². The molecule has 1 N–H and O–H groups in total. The van der Waals surface area contributed by atoms with Crippen LogP contribution in [0.25, 0.3) is 0 Å². The molecular formula is C11H14N2O. The summed E-state index contributed by atoms with van der Waals surface area (Å²) in [5.41, 5.74) is 2.44. The van der Waals surface area contributed by atoms with Crippen LogP contribution in [0.15, 0.2) is 24.3 Å². The largest absolute Gasteiger partial charge is 0.336 e. The van der Waals surface area contributed by atoms with Gasteiger partial charge in [-0.3, -0.25) is 0 Å². The Morgan fingerprint density at radius 2 is 2.07 bits per heavy atom. The number of nitrogens with zero attached hydrogens (tertiary/aromatic N) is 1. The van der Waals surface area contributed by atoms with Gasteiger partial charge in [0.2, 0.25) is 0 Å². The number of aryl methyl sites for hydroxylation is 1. The maximum absolute atomic E-state index is 11.3. The van der Waals surface area contributed by atoms with Gasteiger partial charge < -0.3 is 10.2 Å². The maximum Gasteiger partial charge on any atom is 0.317 e. The molecule has 0 bridgehead atoms. The molecule has 3 heteroatoms. The molecule has 0 atom stereocenters. The van der Waals surface area contributed by atoms with Crippen molar-refractivity contribution in [2.45, 2.75) is 13.5 Å². The number of amides is 2. The summed E-state index contributed by atoms with van der Waals surface area (Å²) in [6.45, 7) is 4.36. The summed E-state index contributed by atoms with van der Waals surface area (Å²) in [6, 6.07) is 8.33. The monoisotopic (exact) mass is 190 g/mol. The molecule has 0 spiro atoms. The molecule has 1 heterocycles. The van der Waals surface area contributed by atoms with Crippen molar-refractivity contribution < 1.29 is 4.79 Å². The third kappa shape index (κ3) is 1.87. The predicted octanol–water partition coefficient (Wildman–Crippen LogP) is 1.52. The number of urea groups is 1. The molecule has 0 aromatic heterocycles. The number of nitrogens with one attached hydrogen (secondary N) is 1.